The van der Waals surface area contributed by atoms with E-state index >= 15 is 0 Å². The molecule has 1 aromatic rings. The average Bonchev–Trinajstić information content (AvgIpc) is 2.26. The van der Waals surface area contributed by atoms with E-state index in [1.54, 1.807) is 6.07 Å². The lowest BCUT2D eigenvalue weighted by molar-refractivity contribution is -0.132. The topological polar surface area (TPSA) is 61.6 Å². The maximum absolute atomic E-state index is 11.0. The summed E-state index contributed by atoms with van der Waals surface area (Å²) >= 11 is 0. The number of carbonyl (C=O) groups is 1. The third-order valence-corrected chi connectivity index (χ3v) is 2.73. The summed E-state index contributed by atoms with van der Waals surface area (Å²) in [6.07, 6.45) is 0. The van der Waals surface area contributed by atoms with Crippen LogP contribution in [-0.2, 0) is 4.79 Å². The molecule has 0 aromatic heterocycles. The van der Waals surface area contributed by atoms with Gasteiger partial charge in [0.25, 0.3) is 0 Å². The fourth-order valence-electron chi connectivity index (χ4n) is 1.62. The van der Waals surface area contributed by atoms with Crippen LogP contribution in [0, 0.1) is 5.41 Å². The van der Waals surface area contributed by atoms with Gasteiger partial charge in [0, 0.05) is 13.0 Å². The summed E-state index contributed by atoms with van der Waals surface area (Å²) in [4.78, 5) is 11.0. The molecule has 1 rings (SSSR count). The van der Waals surface area contributed by atoms with Gasteiger partial charge in [-0.25, -0.2) is 0 Å². The van der Waals surface area contributed by atoms with Crippen molar-refractivity contribution in [2.45, 2.75) is 33.7 Å². The Balaban J connectivity index is 3.09. The SMILES string of the molecule is COc1cc([C@@H](N)C(C)(C)C)ccc1OC(C)=O. The molecule has 0 unspecified atom stereocenters. The zero-order chi connectivity index (χ0) is 13.9. The summed E-state index contributed by atoms with van der Waals surface area (Å²) in [5.74, 6) is 0.554. The van der Waals surface area contributed by atoms with Gasteiger partial charge in [-0.05, 0) is 23.1 Å². The Morgan fingerprint density at radius 1 is 1.28 bits per heavy atom. The third kappa shape index (κ3) is 3.47. The summed E-state index contributed by atoms with van der Waals surface area (Å²) in [7, 11) is 1.54. The van der Waals surface area contributed by atoms with Crippen molar-refractivity contribution in [1.29, 1.82) is 0 Å². The van der Waals surface area contributed by atoms with Crippen LogP contribution < -0.4 is 15.2 Å². The van der Waals surface area contributed by atoms with Gasteiger partial charge in [0.1, 0.15) is 0 Å². The van der Waals surface area contributed by atoms with Crippen LogP contribution >= 0.6 is 0 Å². The van der Waals surface area contributed by atoms with Crippen LogP contribution in [-0.4, -0.2) is 13.1 Å². The van der Waals surface area contributed by atoms with Crippen LogP contribution in [0.2, 0.25) is 0 Å². The van der Waals surface area contributed by atoms with Crippen LogP contribution in [0.4, 0.5) is 0 Å². The second-order valence-corrected chi connectivity index (χ2v) is 5.35. The fraction of sp³-hybridized carbons (Fsp3) is 0.500. The number of methoxy groups -OCH3 is 1. The Morgan fingerprint density at radius 3 is 2.33 bits per heavy atom. The lowest BCUT2D eigenvalue weighted by Crippen LogP contribution is -2.26. The van der Waals surface area contributed by atoms with Crippen molar-refractivity contribution < 1.29 is 14.3 Å². The van der Waals surface area contributed by atoms with Gasteiger partial charge in [-0.3, -0.25) is 4.79 Å². The second-order valence-electron chi connectivity index (χ2n) is 5.35. The molecule has 4 nitrogen and oxygen atoms in total. The summed E-state index contributed by atoms with van der Waals surface area (Å²) in [5, 5.41) is 0. The largest absolute Gasteiger partial charge is 0.493 e. The van der Waals surface area contributed by atoms with E-state index in [9.17, 15) is 4.79 Å². The minimum Gasteiger partial charge on any atom is -0.493 e. The molecular weight excluding hydrogens is 230 g/mol. The molecule has 0 bridgehead atoms. The Labute approximate surface area is 108 Å². The number of rotatable bonds is 3. The van der Waals surface area contributed by atoms with Crippen molar-refractivity contribution >= 4 is 5.97 Å². The molecule has 0 fully saturated rings. The number of benzene rings is 1. The van der Waals surface area contributed by atoms with Crippen LogP contribution in [0.25, 0.3) is 0 Å². The number of nitrogens with two attached hydrogens (primary N) is 1. The summed E-state index contributed by atoms with van der Waals surface area (Å²) in [6, 6.07) is 5.27. The summed E-state index contributed by atoms with van der Waals surface area (Å²) < 4.78 is 10.3. The minimum absolute atomic E-state index is 0.0477. The van der Waals surface area contributed by atoms with Gasteiger partial charge >= 0.3 is 5.97 Å². The van der Waals surface area contributed by atoms with Crippen LogP contribution in [0.5, 0.6) is 11.5 Å². The van der Waals surface area contributed by atoms with Crippen LogP contribution in [0.3, 0.4) is 0 Å². The van der Waals surface area contributed by atoms with Gasteiger partial charge in [0.15, 0.2) is 11.5 Å². The van der Waals surface area contributed by atoms with Crippen molar-refractivity contribution in [1.82, 2.24) is 0 Å². The number of hydrogen-bond donors (Lipinski definition) is 1. The van der Waals surface area contributed by atoms with E-state index in [0.29, 0.717) is 11.5 Å². The molecule has 1 aromatic carbocycles. The molecular formula is C14H21NO3. The monoisotopic (exact) mass is 251 g/mol. The highest BCUT2D eigenvalue weighted by molar-refractivity contribution is 5.70. The molecule has 18 heavy (non-hydrogen) atoms. The van der Waals surface area contributed by atoms with Crippen LogP contribution in [0.1, 0.15) is 39.3 Å². The predicted octanol–water partition coefficient (Wildman–Crippen LogP) is 2.67. The van der Waals surface area contributed by atoms with Crippen molar-refractivity contribution in [3.63, 3.8) is 0 Å². The zero-order valence-electron chi connectivity index (χ0n) is 11.6. The van der Waals surface area contributed by atoms with E-state index < -0.39 is 0 Å². The molecule has 0 aliphatic heterocycles. The third-order valence-electron chi connectivity index (χ3n) is 2.73. The molecule has 0 saturated heterocycles. The van der Waals surface area contributed by atoms with E-state index in [1.807, 2.05) is 12.1 Å². The molecule has 0 aliphatic rings. The molecule has 0 heterocycles. The first kappa shape index (κ1) is 14.5. The molecule has 0 radical (unpaired) electrons. The standard InChI is InChI=1S/C14H21NO3/c1-9(16)18-11-7-6-10(8-12(11)17-5)13(15)14(2,3)4/h6-8,13H,15H2,1-5H3/t13-/m1/s1. The molecule has 0 amide bonds. The molecule has 1 atom stereocenters. The molecule has 2 N–H and O–H groups in total. The van der Waals surface area contributed by atoms with Crippen molar-refractivity contribution in [2.24, 2.45) is 11.1 Å². The van der Waals surface area contributed by atoms with Gasteiger partial charge < -0.3 is 15.2 Å². The summed E-state index contributed by atoms with van der Waals surface area (Å²) in [5.41, 5.74) is 7.09. The highest BCUT2D eigenvalue weighted by Gasteiger charge is 2.23. The highest BCUT2D eigenvalue weighted by Crippen LogP contribution is 2.35. The van der Waals surface area contributed by atoms with E-state index in [1.165, 1.54) is 14.0 Å². The number of esters is 1. The molecule has 100 valence electrons. The number of hydrogen-bond acceptors (Lipinski definition) is 4. The van der Waals surface area contributed by atoms with Crippen molar-refractivity contribution in [2.75, 3.05) is 7.11 Å². The number of carbonyl (C=O) groups excluding carboxylic acids is 1. The maximum Gasteiger partial charge on any atom is 0.308 e. The van der Waals surface area contributed by atoms with E-state index in [2.05, 4.69) is 20.8 Å². The fourth-order valence-corrected chi connectivity index (χ4v) is 1.62. The van der Waals surface area contributed by atoms with Gasteiger partial charge in [-0.1, -0.05) is 26.8 Å². The first-order valence-corrected chi connectivity index (χ1v) is 5.87. The molecule has 4 heteroatoms. The summed E-state index contributed by atoms with van der Waals surface area (Å²) in [6.45, 7) is 7.58. The normalized spacial score (nSPS) is 13.0. The van der Waals surface area contributed by atoms with E-state index in [0.717, 1.165) is 5.56 Å². The van der Waals surface area contributed by atoms with Gasteiger partial charge in [0.05, 0.1) is 7.11 Å². The van der Waals surface area contributed by atoms with Gasteiger partial charge in [-0.2, -0.15) is 0 Å². The predicted molar refractivity (Wildman–Crippen MR) is 70.7 cm³/mol. The first-order chi connectivity index (χ1) is 8.25. The van der Waals surface area contributed by atoms with E-state index in [4.69, 9.17) is 15.2 Å². The smallest absolute Gasteiger partial charge is 0.308 e. The quantitative estimate of drug-likeness (QED) is 0.662. The molecule has 0 spiro atoms. The average molecular weight is 251 g/mol. The lowest BCUT2D eigenvalue weighted by atomic mass is 9.83. The van der Waals surface area contributed by atoms with Crippen molar-refractivity contribution in [3.8, 4) is 11.5 Å². The highest BCUT2D eigenvalue weighted by atomic mass is 16.6. The molecule has 0 aliphatic carbocycles. The minimum atomic E-state index is -0.374. The first-order valence-electron chi connectivity index (χ1n) is 5.87. The van der Waals surface area contributed by atoms with Crippen LogP contribution in [0.15, 0.2) is 18.2 Å². The van der Waals surface area contributed by atoms with Gasteiger partial charge in [-0.15, -0.1) is 0 Å². The number of ether oxygens (including phenoxy) is 2. The van der Waals surface area contributed by atoms with Crippen molar-refractivity contribution in [3.05, 3.63) is 23.8 Å². The van der Waals surface area contributed by atoms with E-state index in [-0.39, 0.29) is 17.4 Å². The Bertz CT molecular complexity index is 435. The second kappa shape index (κ2) is 5.40. The Hall–Kier alpha value is -1.55. The Morgan fingerprint density at radius 2 is 1.89 bits per heavy atom. The maximum atomic E-state index is 11.0. The Kier molecular flexibility index (Phi) is 4.35. The zero-order valence-corrected chi connectivity index (χ0v) is 11.6. The van der Waals surface area contributed by atoms with Gasteiger partial charge in [0.2, 0.25) is 0 Å². The molecule has 0 saturated carbocycles. The lowest BCUT2D eigenvalue weighted by Gasteiger charge is -2.27.